The predicted molar refractivity (Wildman–Crippen MR) is 114 cm³/mol. The molecule has 7 heteroatoms. The molecule has 0 bridgehead atoms. The van der Waals surface area contributed by atoms with Crippen LogP contribution in [0.4, 0.5) is 10.5 Å². The Morgan fingerprint density at radius 2 is 2.13 bits per heavy atom. The lowest BCUT2D eigenvalue weighted by atomic mass is 10.00. The van der Waals surface area contributed by atoms with E-state index in [4.69, 9.17) is 4.74 Å². The molecular weight excluding hydrogens is 380 g/mol. The fraction of sp³-hybridized carbons (Fsp3) is 0.391. The SMILES string of the molecule is CC(C)(C)OC(=O)N[C@@]1(C)CCN(c2c(C=O)cncc2-c2cccc(C#N)c2)C1. The summed E-state index contributed by atoms with van der Waals surface area (Å²) in [6.45, 7) is 8.61. The minimum atomic E-state index is -0.576. The van der Waals surface area contributed by atoms with E-state index in [0.717, 1.165) is 23.1 Å². The van der Waals surface area contributed by atoms with E-state index in [1.165, 1.54) is 6.20 Å². The maximum Gasteiger partial charge on any atom is 0.408 e. The van der Waals surface area contributed by atoms with Crippen molar-refractivity contribution in [2.75, 3.05) is 18.0 Å². The number of pyridine rings is 1. The zero-order valence-electron chi connectivity index (χ0n) is 17.7. The molecule has 1 aliphatic rings. The van der Waals surface area contributed by atoms with Crippen LogP contribution in [0.25, 0.3) is 11.1 Å². The number of ether oxygens (including phenoxy) is 1. The molecule has 7 nitrogen and oxygen atoms in total. The number of hydrogen-bond donors (Lipinski definition) is 1. The van der Waals surface area contributed by atoms with Gasteiger partial charge in [-0.3, -0.25) is 9.78 Å². The Labute approximate surface area is 176 Å². The van der Waals surface area contributed by atoms with E-state index in [0.29, 0.717) is 30.6 Å². The van der Waals surface area contributed by atoms with Crippen molar-refractivity contribution in [1.82, 2.24) is 10.3 Å². The second-order valence-electron chi connectivity index (χ2n) is 8.79. The van der Waals surface area contributed by atoms with E-state index < -0.39 is 17.2 Å². The Kier molecular flexibility index (Phi) is 5.79. The monoisotopic (exact) mass is 406 g/mol. The molecule has 1 amide bonds. The maximum atomic E-state index is 12.3. The van der Waals surface area contributed by atoms with Crippen LogP contribution in [0.5, 0.6) is 0 Å². The molecule has 0 saturated carbocycles. The highest BCUT2D eigenvalue weighted by Crippen LogP contribution is 2.37. The van der Waals surface area contributed by atoms with Crippen molar-refractivity contribution < 1.29 is 14.3 Å². The molecule has 1 aromatic heterocycles. The van der Waals surface area contributed by atoms with Gasteiger partial charge < -0.3 is 15.0 Å². The smallest absolute Gasteiger partial charge is 0.408 e. The first-order chi connectivity index (χ1) is 14.1. The van der Waals surface area contributed by atoms with Gasteiger partial charge in [0, 0.05) is 31.0 Å². The summed E-state index contributed by atoms with van der Waals surface area (Å²) in [6, 6.07) is 9.36. The Morgan fingerprint density at radius 3 is 2.80 bits per heavy atom. The molecule has 2 heterocycles. The first kappa shape index (κ1) is 21.3. The van der Waals surface area contributed by atoms with Gasteiger partial charge in [0.15, 0.2) is 6.29 Å². The number of nitrogens with zero attached hydrogens (tertiary/aromatic N) is 3. The lowest BCUT2D eigenvalue weighted by Gasteiger charge is -2.29. The molecule has 1 saturated heterocycles. The van der Waals surface area contributed by atoms with Gasteiger partial charge in [0.1, 0.15) is 5.60 Å². The summed E-state index contributed by atoms with van der Waals surface area (Å²) >= 11 is 0. The second-order valence-corrected chi connectivity index (χ2v) is 8.79. The molecule has 1 fully saturated rings. The summed E-state index contributed by atoms with van der Waals surface area (Å²) in [5, 5.41) is 12.2. The van der Waals surface area contributed by atoms with Gasteiger partial charge in [0.25, 0.3) is 0 Å². The number of anilines is 1. The molecule has 2 aromatic rings. The van der Waals surface area contributed by atoms with E-state index in [-0.39, 0.29) is 0 Å². The third-order valence-corrected chi connectivity index (χ3v) is 4.97. The average Bonchev–Trinajstić information content (AvgIpc) is 3.06. The van der Waals surface area contributed by atoms with Crippen LogP contribution in [-0.2, 0) is 4.74 Å². The van der Waals surface area contributed by atoms with Gasteiger partial charge in [0.05, 0.1) is 28.4 Å². The molecule has 0 radical (unpaired) electrons. The average molecular weight is 406 g/mol. The zero-order valence-corrected chi connectivity index (χ0v) is 17.7. The number of nitriles is 1. The normalized spacial score (nSPS) is 18.6. The topological polar surface area (TPSA) is 95.3 Å². The van der Waals surface area contributed by atoms with Crippen LogP contribution in [0.1, 0.15) is 50.0 Å². The number of aromatic nitrogens is 1. The number of hydrogen-bond acceptors (Lipinski definition) is 6. The quantitative estimate of drug-likeness (QED) is 0.773. The summed E-state index contributed by atoms with van der Waals surface area (Å²) in [5.41, 5.74) is 2.27. The molecule has 156 valence electrons. The van der Waals surface area contributed by atoms with E-state index in [9.17, 15) is 14.9 Å². The molecule has 30 heavy (non-hydrogen) atoms. The zero-order chi connectivity index (χ0) is 21.9. The second kappa shape index (κ2) is 8.15. The van der Waals surface area contributed by atoms with Gasteiger partial charge in [-0.1, -0.05) is 12.1 Å². The van der Waals surface area contributed by atoms with E-state index >= 15 is 0 Å². The highest BCUT2D eigenvalue weighted by atomic mass is 16.6. The molecule has 0 unspecified atom stereocenters. The first-order valence-corrected chi connectivity index (χ1v) is 9.84. The lowest BCUT2D eigenvalue weighted by molar-refractivity contribution is 0.0473. The van der Waals surface area contributed by atoms with Gasteiger partial charge >= 0.3 is 6.09 Å². The number of carbonyl (C=O) groups is 2. The number of carbonyl (C=O) groups excluding carboxylic acids is 2. The number of benzene rings is 1. The number of nitrogens with one attached hydrogen (secondary N) is 1. The predicted octanol–water partition coefficient (Wildman–Crippen LogP) is 3.93. The minimum absolute atomic E-state index is 0.459. The number of aldehydes is 1. The molecule has 1 atom stereocenters. The molecule has 1 aliphatic heterocycles. The van der Waals surface area contributed by atoms with Crippen molar-refractivity contribution in [1.29, 1.82) is 5.26 Å². The minimum Gasteiger partial charge on any atom is -0.444 e. The van der Waals surface area contributed by atoms with Crippen LogP contribution in [0, 0.1) is 11.3 Å². The summed E-state index contributed by atoms with van der Waals surface area (Å²) in [7, 11) is 0. The van der Waals surface area contributed by atoms with Gasteiger partial charge in [0.2, 0.25) is 0 Å². The fourth-order valence-corrected chi connectivity index (χ4v) is 3.68. The van der Waals surface area contributed by atoms with Crippen molar-refractivity contribution in [3.63, 3.8) is 0 Å². The molecule has 3 rings (SSSR count). The number of rotatable bonds is 4. The van der Waals surface area contributed by atoms with Crippen molar-refractivity contribution >= 4 is 18.1 Å². The van der Waals surface area contributed by atoms with E-state index in [1.54, 1.807) is 18.3 Å². The molecule has 0 spiro atoms. The summed E-state index contributed by atoms with van der Waals surface area (Å²) < 4.78 is 5.40. The Bertz CT molecular complexity index is 1010. The molecule has 1 N–H and O–H groups in total. The van der Waals surface area contributed by atoms with Crippen LogP contribution in [0.2, 0.25) is 0 Å². The van der Waals surface area contributed by atoms with Crippen molar-refractivity contribution in [2.45, 2.75) is 45.3 Å². The van der Waals surface area contributed by atoms with Gasteiger partial charge in [-0.15, -0.1) is 0 Å². The van der Waals surface area contributed by atoms with Crippen LogP contribution in [0.3, 0.4) is 0 Å². The summed E-state index contributed by atoms with van der Waals surface area (Å²) in [5.74, 6) is 0. The number of alkyl carbamates (subject to hydrolysis) is 1. The Hall–Kier alpha value is -3.40. The Balaban J connectivity index is 1.92. The van der Waals surface area contributed by atoms with Crippen LogP contribution in [0.15, 0.2) is 36.7 Å². The molecule has 1 aromatic carbocycles. The molecular formula is C23H26N4O3. The Morgan fingerprint density at radius 1 is 1.37 bits per heavy atom. The van der Waals surface area contributed by atoms with Crippen molar-refractivity contribution in [3.8, 4) is 17.2 Å². The standard InChI is InChI=1S/C23H26N4O3/c1-22(2,3)30-21(29)26-23(4)8-9-27(15-23)20-18(14-28)12-25-13-19(20)17-7-5-6-16(10-17)11-24/h5-7,10,12-14H,8-9,15H2,1-4H3,(H,26,29)/t23-/m0/s1. The highest BCUT2D eigenvalue weighted by molar-refractivity contribution is 5.92. The van der Waals surface area contributed by atoms with Crippen molar-refractivity contribution in [3.05, 3.63) is 47.8 Å². The number of amides is 1. The largest absolute Gasteiger partial charge is 0.444 e. The molecule has 0 aliphatic carbocycles. The van der Waals surface area contributed by atoms with E-state index in [2.05, 4.69) is 21.3 Å². The third kappa shape index (κ3) is 4.77. The van der Waals surface area contributed by atoms with Gasteiger partial charge in [-0.2, -0.15) is 5.26 Å². The van der Waals surface area contributed by atoms with Gasteiger partial charge in [-0.05, 0) is 51.8 Å². The summed E-state index contributed by atoms with van der Waals surface area (Å²) in [6.07, 6.45) is 4.27. The van der Waals surface area contributed by atoms with E-state index in [1.807, 2.05) is 39.8 Å². The lowest BCUT2D eigenvalue weighted by Crippen LogP contribution is -2.49. The first-order valence-electron chi connectivity index (χ1n) is 9.84. The maximum absolute atomic E-state index is 12.3. The van der Waals surface area contributed by atoms with Crippen LogP contribution in [-0.4, -0.2) is 41.6 Å². The summed E-state index contributed by atoms with van der Waals surface area (Å²) in [4.78, 5) is 30.4. The van der Waals surface area contributed by atoms with Gasteiger partial charge in [-0.25, -0.2) is 4.79 Å². The van der Waals surface area contributed by atoms with Crippen LogP contribution >= 0.6 is 0 Å². The highest BCUT2D eigenvalue weighted by Gasteiger charge is 2.38. The fourth-order valence-electron chi connectivity index (χ4n) is 3.68. The van der Waals surface area contributed by atoms with Crippen LogP contribution < -0.4 is 10.2 Å². The van der Waals surface area contributed by atoms with Crippen molar-refractivity contribution in [2.24, 2.45) is 0 Å². The third-order valence-electron chi connectivity index (χ3n) is 4.97.